The van der Waals surface area contributed by atoms with Crippen LogP contribution in [0.2, 0.25) is 0 Å². The van der Waals surface area contributed by atoms with Crippen LogP contribution in [0.5, 0.6) is 11.5 Å². The van der Waals surface area contributed by atoms with Gasteiger partial charge >= 0.3 is 7.82 Å². The first kappa shape index (κ1) is 30.2. The molecule has 4 aliphatic rings. The van der Waals surface area contributed by atoms with Crippen molar-refractivity contribution in [2.24, 2.45) is 46.3 Å². The fourth-order valence-electron chi connectivity index (χ4n) is 10.3. The Morgan fingerprint density at radius 3 is 2.12 bits per heavy atom. The SMILES string of the molecule is C[C@H](CCCOP(=O)(Oc1ccccc1)Oc1ccccc1)[C@H]1CC[C@H]2[C@@H]3CC[C@@H]4C[C@H](O)CC[C@]4(C)[C@H]3CC[C@]12C. The first-order valence-electron chi connectivity index (χ1n) is 16.6. The fourth-order valence-corrected chi connectivity index (χ4v) is 11.5. The van der Waals surface area contributed by atoms with Gasteiger partial charge in [-0.3, -0.25) is 4.52 Å². The highest BCUT2D eigenvalue weighted by atomic mass is 31.2. The highest BCUT2D eigenvalue weighted by Gasteiger charge is 2.60. The molecule has 0 bridgehead atoms. The molecule has 0 unspecified atom stereocenters. The second-order valence-electron chi connectivity index (χ2n) is 14.5. The number of aliphatic hydroxyl groups is 1. The van der Waals surface area contributed by atoms with Crippen molar-refractivity contribution in [3.63, 3.8) is 0 Å². The molecular formula is C36H51O5P. The number of para-hydroxylation sites is 2. The second kappa shape index (κ2) is 12.3. The van der Waals surface area contributed by atoms with Gasteiger partial charge in [0.25, 0.3) is 0 Å². The predicted octanol–water partition coefficient (Wildman–Crippen LogP) is 9.71. The number of phosphoric acid groups is 1. The minimum atomic E-state index is -3.84. The van der Waals surface area contributed by atoms with E-state index in [9.17, 15) is 9.67 Å². The van der Waals surface area contributed by atoms with E-state index in [0.29, 0.717) is 34.9 Å². The Labute approximate surface area is 253 Å². The summed E-state index contributed by atoms with van der Waals surface area (Å²) in [5.74, 6) is 5.52. The molecule has 9 atom stereocenters. The largest absolute Gasteiger partial charge is 0.587 e. The smallest absolute Gasteiger partial charge is 0.395 e. The first-order valence-corrected chi connectivity index (χ1v) is 18.1. The maximum Gasteiger partial charge on any atom is 0.587 e. The van der Waals surface area contributed by atoms with Gasteiger partial charge in [-0.05, 0) is 141 Å². The zero-order valence-corrected chi connectivity index (χ0v) is 26.7. The zero-order valence-electron chi connectivity index (χ0n) is 25.8. The number of hydrogen-bond donors (Lipinski definition) is 1. The van der Waals surface area contributed by atoms with E-state index in [4.69, 9.17) is 13.6 Å². The maximum absolute atomic E-state index is 13.7. The highest BCUT2D eigenvalue weighted by molar-refractivity contribution is 7.49. The quantitative estimate of drug-likeness (QED) is 0.219. The van der Waals surface area contributed by atoms with Crippen LogP contribution in [-0.2, 0) is 9.09 Å². The third-order valence-electron chi connectivity index (χ3n) is 12.4. The molecule has 230 valence electrons. The van der Waals surface area contributed by atoms with Gasteiger partial charge in [-0.2, -0.15) is 0 Å². The Balaban J connectivity index is 1.06. The van der Waals surface area contributed by atoms with Crippen LogP contribution >= 0.6 is 7.82 Å². The van der Waals surface area contributed by atoms with E-state index >= 15 is 0 Å². The van der Waals surface area contributed by atoms with Crippen LogP contribution in [0.3, 0.4) is 0 Å². The Bertz CT molecular complexity index is 1180. The summed E-state index contributed by atoms with van der Waals surface area (Å²) in [6.07, 6.45) is 13.2. The molecular weight excluding hydrogens is 543 g/mol. The standard InChI is InChI=1S/C36H51O5P/c1-26(11-10-24-39-42(38,40-29-12-6-4-7-13-29)41-30-14-8-5-9-15-30)32-18-19-33-31-17-16-27-25-28(37)20-22-35(27,2)34(31)21-23-36(32,33)3/h4-9,12-15,26-28,31-34,37H,10-11,16-25H2,1-3H3/t26-,27-,28-,31+,32-,33+,34+,35+,36-/m1/s1. The lowest BCUT2D eigenvalue weighted by molar-refractivity contribution is -0.129. The van der Waals surface area contributed by atoms with Gasteiger partial charge in [0, 0.05) is 0 Å². The van der Waals surface area contributed by atoms with Crippen molar-refractivity contribution in [3.8, 4) is 11.5 Å². The summed E-state index contributed by atoms with van der Waals surface area (Å²) < 4.78 is 31.2. The third kappa shape index (κ3) is 5.95. The second-order valence-corrected chi connectivity index (χ2v) is 16.0. The predicted molar refractivity (Wildman–Crippen MR) is 167 cm³/mol. The number of fused-ring (bicyclic) bond motifs is 5. The summed E-state index contributed by atoms with van der Waals surface area (Å²) in [6.45, 7) is 7.98. The lowest BCUT2D eigenvalue weighted by Crippen LogP contribution is -2.54. The van der Waals surface area contributed by atoms with Crippen molar-refractivity contribution >= 4 is 7.82 Å². The topological polar surface area (TPSA) is 65.0 Å². The Morgan fingerprint density at radius 1 is 0.833 bits per heavy atom. The van der Waals surface area contributed by atoms with Gasteiger partial charge in [0.1, 0.15) is 11.5 Å². The molecule has 1 N–H and O–H groups in total. The molecule has 2 aromatic rings. The van der Waals surface area contributed by atoms with Crippen LogP contribution in [-0.4, -0.2) is 17.8 Å². The lowest BCUT2D eigenvalue weighted by Gasteiger charge is -2.61. The number of phosphoric ester groups is 1. The number of rotatable bonds is 10. The average Bonchev–Trinajstić information content (AvgIpc) is 3.34. The van der Waals surface area contributed by atoms with Gasteiger partial charge in [0.15, 0.2) is 0 Å². The van der Waals surface area contributed by atoms with E-state index < -0.39 is 7.82 Å². The van der Waals surface area contributed by atoms with E-state index in [1.54, 1.807) is 24.3 Å². The van der Waals surface area contributed by atoms with Gasteiger partial charge in [0.2, 0.25) is 0 Å². The molecule has 0 aliphatic heterocycles. The van der Waals surface area contributed by atoms with Gasteiger partial charge < -0.3 is 14.2 Å². The van der Waals surface area contributed by atoms with Crippen molar-refractivity contribution in [2.75, 3.05) is 6.61 Å². The molecule has 4 saturated carbocycles. The van der Waals surface area contributed by atoms with Crippen LogP contribution in [0.25, 0.3) is 0 Å². The lowest BCUT2D eigenvalue weighted by atomic mass is 9.44. The normalized spacial score (nSPS) is 36.8. The van der Waals surface area contributed by atoms with Crippen LogP contribution in [0.15, 0.2) is 60.7 Å². The minimum Gasteiger partial charge on any atom is -0.395 e. The number of aliphatic hydroxyl groups excluding tert-OH is 1. The van der Waals surface area contributed by atoms with Crippen molar-refractivity contribution in [2.45, 2.75) is 97.5 Å². The van der Waals surface area contributed by atoms with Crippen LogP contribution < -0.4 is 9.05 Å². The molecule has 2 aromatic carbocycles. The van der Waals surface area contributed by atoms with Gasteiger partial charge in [-0.15, -0.1) is 0 Å². The minimum absolute atomic E-state index is 0.0714. The van der Waals surface area contributed by atoms with Crippen LogP contribution in [0.1, 0.15) is 91.4 Å². The van der Waals surface area contributed by atoms with E-state index in [1.807, 2.05) is 36.4 Å². The maximum atomic E-state index is 13.7. The Morgan fingerprint density at radius 2 is 1.45 bits per heavy atom. The first-order chi connectivity index (χ1) is 20.2. The van der Waals surface area contributed by atoms with Crippen molar-refractivity contribution in [1.29, 1.82) is 0 Å². The summed E-state index contributed by atoms with van der Waals surface area (Å²) in [4.78, 5) is 0. The van der Waals surface area contributed by atoms with Gasteiger partial charge in [-0.1, -0.05) is 57.2 Å². The van der Waals surface area contributed by atoms with Crippen LogP contribution in [0.4, 0.5) is 0 Å². The van der Waals surface area contributed by atoms with E-state index in [1.165, 1.54) is 44.9 Å². The van der Waals surface area contributed by atoms with Gasteiger partial charge in [-0.25, -0.2) is 4.57 Å². The third-order valence-corrected chi connectivity index (χ3v) is 13.7. The molecule has 0 aromatic heterocycles. The molecule has 0 spiro atoms. The molecule has 6 rings (SSSR count). The van der Waals surface area contributed by atoms with Crippen LogP contribution in [0, 0.1) is 46.3 Å². The Kier molecular flexibility index (Phi) is 8.85. The summed E-state index contributed by atoms with van der Waals surface area (Å²) >= 11 is 0. The van der Waals surface area contributed by atoms with E-state index in [0.717, 1.165) is 55.3 Å². The molecule has 0 amide bonds. The zero-order chi connectivity index (χ0) is 29.4. The van der Waals surface area contributed by atoms with Gasteiger partial charge in [0.05, 0.1) is 12.7 Å². The molecule has 0 heterocycles. The fraction of sp³-hybridized carbons (Fsp3) is 0.667. The highest BCUT2D eigenvalue weighted by Crippen LogP contribution is 2.68. The molecule has 6 heteroatoms. The molecule has 4 fully saturated rings. The van der Waals surface area contributed by atoms with E-state index in [-0.39, 0.29) is 6.10 Å². The monoisotopic (exact) mass is 594 g/mol. The molecule has 42 heavy (non-hydrogen) atoms. The van der Waals surface area contributed by atoms with E-state index in [2.05, 4.69) is 20.8 Å². The average molecular weight is 595 g/mol. The molecule has 0 radical (unpaired) electrons. The summed E-state index contributed by atoms with van der Waals surface area (Å²) in [5, 5.41) is 10.4. The molecule has 5 nitrogen and oxygen atoms in total. The van der Waals surface area contributed by atoms with Crippen molar-refractivity contribution in [3.05, 3.63) is 60.7 Å². The van der Waals surface area contributed by atoms with Crippen molar-refractivity contribution < 1.29 is 23.2 Å². The molecule has 0 saturated heterocycles. The number of benzene rings is 2. The summed E-state index contributed by atoms with van der Waals surface area (Å²) in [5.41, 5.74) is 0.850. The summed E-state index contributed by atoms with van der Waals surface area (Å²) in [6, 6.07) is 18.2. The number of hydrogen-bond acceptors (Lipinski definition) is 5. The summed E-state index contributed by atoms with van der Waals surface area (Å²) in [7, 11) is -3.84. The molecule has 4 aliphatic carbocycles. The Hall–Kier alpha value is -1.81. The van der Waals surface area contributed by atoms with Crippen molar-refractivity contribution in [1.82, 2.24) is 0 Å².